The van der Waals surface area contributed by atoms with E-state index in [1.54, 1.807) is 17.8 Å². The number of rotatable bonds is 2. The van der Waals surface area contributed by atoms with Gasteiger partial charge in [0, 0.05) is 18.3 Å². The number of nitrogens with one attached hydrogen (secondary N) is 1. The van der Waals surface area contributed by atoms with Crippen molar-refractivity contribution in [3.8, 4) is 11.3 Å². The second kappa shape index (κ2) is 3.80. The highest BCUT2D eigenvalue weighted by Crippen LogP contribution is 2.28. The van der Waals surface area contributed by atoms with E-state index in [0.717, 1.165) is 28.8 Å². The van der Waals surface area contributed by atoms with Crippen LogP contribution < -0.4 is 5.32 Å². The molecule has 1 aliphatic heterocycles. The maximum absolute atomic E-state index is 11.3. The molecule has 0 saturated carbocycles. The van der Waals surface area contributed by atoms with Crippen LogP contribution in [0.2, 0.25) is 0 Å². The number of hydrogen-bond acceptors (Lipinski definition) is 3. The van der Waals surface area contributed by atoms with Gasteiger partial charge in [-0.15, -0.1) is 0 Å². The Kier molecular flexibility index (Phi) is 2.26. The van der Waals surface area contributed by atoms with Crippen molar-refractivity contribution in [2.45, 2.75) is 6.42 Å². The standard InChI is InChI=1S/C13H11N3O2/c1-16-10(7-17)6-12(15-16)8-2-3-11-9(4-8)5-13(18)14-11/h2-4,6-7H,5H2,1H3,(H,14,18). The van der Waals surface area contributed by atoms with Crippen LogP contribution in [0.5, 0.6) is 0 Å². The van der Waals surface area contributed by atoms with E-state index in [9.17, 15) is 9.59 Å². The molecule has 0 aliphatic carbocycles. The summed E-state index contributed by atoms with van der Waals surface area (Å²) < 4.78 is 1.54. The molecule has 3 rings (SSSR count). The molecule has 1 N–H and O–H groups in total. The molecular weight excluding hydrogens is 230 g/mol. The van der Waals surface area contributed by atoms with Crippen LogP contribution in [0.25, 0.3) is 11.3 Å². The molecular formula is C13H11N3O2. The van der Waals surface area contributed by atoms with E-state index in [1.165, 1.54) is 0 Å². The van der Waals surface area contributed by atoms with Crippen LogP contribution in [0.3, 0.4) is 0 Å². The number of benzene rings is 1. The zero-order chi connectivity index (χ0) is 12.7. The SMILES string of the molecule is Cn1nc(-c2ccc3c(c2)CC(=O)N3)cc1C=O. The molecule has 0 bridgehead atoms. The third-order valence-electron chi connectivity index (χ3n) is 3.06. The third kappa shape index (κ3) is 1.60. The maximum atomic E-state index is 11.3. The van der Waals surface area contributed by atoms with Gasteiger partial charge in [-0.3, -0.25) is 14.3 Å². The second-order valence-corrected chi connectivity index (χ2v) is 4.29. The molecule has 0 radical (unpaired) electrons. The summed E-state index contributed by atoms with van der Waals surface area (Å²) in [5.74, 6) is 0.0109. The van der Waals surface area contributed by atoms with Crippen LogP contribution in [0.4, 0.5) is 5.69 Å². The van der Waals surface area contributed by atoms with E-state index < -0.39 is 0 Å². The zero-order valence-electron chi connectivity index (χ0n) is 9.80. The van der Waals surface area contributed by atoms with E-state index in [-0.39, 0.29) is 5.91 Å². The molecule has 5 nitrogen and oxygen atoms in total. The molecule has 1 aromatic heterocycles. The lowest BCUT2D eigenvalue weighted by molar-refractivity contribution is -0.115. The lowest BCUT2D eigenvalue weighted by Crippen LogP contribution is -2.03. The second-order valence-electron chi connectivity index (χ2n) is 4.29. The van der Waals surface area contributed by atoms with Gasteiger partial charge in [-0.1, -0.05) is 6.07 Å². The molecule has 1 aliphatic rings. The first-order chi connectivity index (χ1) is 8.67. The van der Waals surface area contributed by atoms with Gasteiger partial charge < -0.3 is 5.32 Å². The summed E-state index contributed by atoms with van der Waals surface area (Å²) in [4.78, 5) is 22.1. The first-order valence-corrected chi connectivity index (χ1v) is 5.60. The Morgan fingerprint density at radius 1 is 1.39 bits per heavy atom. The first kappa shape index (κ1) is 10.7. The summed E-state index contributed by atoms with van der Waals surface area (Å²) in [6.45, 7) is 0. The van der Waals surface area contributed by atoms with Crippen LogP contribution in [-0.4, -0.2) is 22.0 Å². The lowest BCUT2D eigenvalue weighted by Gasteiger charge is -2.01. The molecule has 2 heterocycles. The minimum atomic E-state index is 0.0109. The van der Waals surface area contributed by atoms with Crippen LogP contribution in [0, 0.1) is 0 Å². The Bertz CT molecular complexity index is 658. The highest BCUT2D eigenvalue weighted by Gasteiger charge is 2.18. The van der Waals surface area contributed by atoms with Gasteiger partial charge in [-0.05, 0) is 23.8 Å². The molecule has 0 saturated heterocycles. The Morgan fingerprint density at radius 3 is 2.94 bits per heavy atom. The van der Waals surface area contributed by atoms with Crippen LogP contribution in [-0.2, 0) is 18.3 Å². The highest BCUT2D eigenvalue weighted by molar-refractivity contribution is 5.99. The molecule has 1 amide bonds. The van der Waals surface area contributed by atoms with E-state index in [1.807, 2.05) is 18.2 Å². The first-order valence-electron chi connectivity index (χ1n) is 5.60. The van der Waals surface area contributed by atoms with Crippen molar-refractivity contribution in [3.05, 3.63) is 35.5 Å². The topological polar surface area (TPSA) is 64.0 Å². The van der Waals surface area contributed by atoms with Crippen molar-refractivity contribution in [1.29, 1.82) is 0 Å². The summed E-state index contributed by atoms with van der Waals surface area (Å²) in [5, 5.41) is 7.06. The third-order valence-corrected chi connectivity index (χ3v) is 3.06. The van der Waals surface area contributed by atoms with Crippen LogP contribution in [0.15, 0.2) is 24.3 Å². The van der Waals surface area contributed by atoms with Gasteiger partial charge in [0.05, 0.1) is 12.1 Å². The van der Waals surface area contributed by atoms with Gasteiger partial charge >= 0.3 is 0 Å². The molecule has 0 unspecified atom stereocenters. The summed E-state index contributed by atoms with van der Waals surface area (Å²) in [6, 6.07) is 7.43. The minimum Gasteiger partial charge on any atom is -0.326 e. The van der Waals surface area contributed by atoms with Gasteiger partial charge in [-0.25, -0.2) is 0 Å². The lowest BCUT2D eigenvalue weighted by atomic mass is 10.1. The monoisotopic (exact) mass is 241 g/mol. The molecule has 1 aromatic carbocycles. The number of aldehydes is 1. The van der Waals surface area contributed by atoms with E-state index in [2.05, 4.69) is 10.4 Å². The Hall–Kier alpha value is -2.43. The smallest absolute Gasteiger partial charge is 0.228 e. The Balaban J connectivity index is 2.05. The van der Waals surface area contributed by atoms with Crippen molar-refractivity contribution >= 4 is 17.9 Å². The largest absolute Gasteiger partial charge is 0.326 e. The summed E-state index contributed by atoms with van der Waals surface area (Å²) in [7, 11) is 1.73. The predicted octanol–water partition coefficient (Wildman–Crippen LogP) is 1.39. The van der Waals surface area contributed by atoms with E-state index >= 15 is 0 Å². The highest BCUT2D eigenvalue weighted by atomic mass is 16.1. The summed E-state index contributed by atoms with van der Waals surface area (Å²) in [6.07, 6.45) is 1.17. The van der Waals surface area contributed by atoms with Gasteiger partial charge in [0.2, 0.25) is 5.91 Å². The average molecular weight is 241 g/mol. The zero-order valence-corrected chi connectivity index (χ0v) is 9.80. The Labute approximate surface area is 103 Å². The molecule has 18 heavy (non-hydrogen) atoms. The molecule has 0 atom stereocenters. The predicted molar refractivity (Wildman–Crippen MR) is 66.4 cm³/mol. The van der Waals surface area contributed by atoms with Crippen molar-refractivity contribution in [2.24, 2.45) is 7.05 Å². The fraction of sp³-hybridized carbons (Fsp3) is 0.154. The molecule has 0 fully saturated rings. The van der Waals surface area contributed by atoms with Gasteiger partial charge in [0.15, 0.2) is 6.29 Å². The number of hydrogen-bond donors (Lipinski definition) is 1. The van der Waals surface area contributed by atoms with Crippen molar-refractivity contribution in [2.75, 3.05) is 5.32 Å². The average Bonchev–Trinajstić information content (AvgIpc) is 2.89. The Morgan fingerprint density at radius 2 is 2.22 bits per heavy atom. The van der Waals surface area contributed by atoms with Gasteiger partial charge in [0.25, 0.3) is 0 Å². The number of amides is 1. The number of anilines is 1. The minimum absolute atomic E-state index is 0.0109. The fourth-order valence-electron chi connectivity index (χ4n) is 2.12. The number of carbonyl (C=O) groups excluding carboxylic acids is 2. The van der Waals surface area contributed by atoms with E-state index in [0.29, 0.717) is 12.1 Å². The fourth-order valence-corrected chi connectivity index (χ4v) is 2.12. The van der Waals surface area contributed by atoms with Gasteiger partial charge in [0.1, 0.15) is 5.69 Å². The van der Waals surface area contributed by atoms with Crippen molar-refractivity contribution in [1.82, 2.24) is 9.78 Å². The molecule has 5 heteroatoms. The van der Waals surface area contributed by atoms with Crippen LogP contribution >= 0.6 is 0 Å². The van der Waals surface area contributed by atoms with Crippen LogP contribution in [0.1, 0.15) is 16.1 Å². The molecule has 0 spiro atoms. The normalized spacial score (nSPS) is 13.3. The number of aromatic nitrogens is 2. The molecule has 2 aromatic rings. The van der Waals surface area contributed by atoms with Crippen molar-refractivity contribution in [3.63, 3.8) is 0 Å². The maximum Gasteiger partial charge on any atom is 0.228 e. The van der Waals surface area contributed by atoms with E-state index in [4.69, 9.17) is 0 Å². The van der Waals surface area contributed by atoms with Gasteiger partial charge in [-0.2, -0.15) is 5.10 Å². The number of aryl methyl sites for hydroxylation is 1. The summed E-state index contributed by atoms with van der Waals surface area (Å²) >= 11 is 0. The number of carbonyl (C=O) groups is 2. The van der Waals surface area contributed by atoms with Crippen molar-refractivity contribution < 1.29 is 9.59 Å². The number of fused-ring (bicyclic) bond motifs is 1. The summed E-state index contributed by atoms with van der Waals surface area (Å²) in [5.41, 5.74) is 4.00. The quantitative estimate of drug-likeness (QED) is 0.808. The number of nitrogens with zero attached hydrogens (tertiary/aromatic N) is 2. The molecule has 90 valence electrons.